The minimum atomic E-state index is -0.965. The van der Waals surface area contributed by atoms with Crippen LogP contribution in [0.15, 0.2) is 48.7 Å². The van der Waals surface area contributed by atoms with E-state index in [0.717, 1.165) is 55.3 Å². The fraction of sp³-hybridized carbons (Fsp3) is 0.486. The van der Waals surface area contributed by atoms with E-state index in [-0.39, 0.29) is 12.2 Å². The van der Waals surface area contributed by atoms with E-state index in [2.05, 4.69) is 48.2 Å². The highest BCUT2D eigenvalue weighted by Gasteiger charge is 2.38. The highest BCUT2D eigenvalue weighted by Crippen LogP contribution is 2.39. The number of hydrogen-bond donors (Lipinski definition) is 0. The van der Waals surface area contributed by atoms with Crippen LogP contribution < -0.4 is 4.90 Å². The first-order valence-corrected chi connectivity index (χ1v) is 16.7. The average Bonchev–Trinajstić information content (AvgIpc) is 3.63. The number of rotatable bonds is 4. The number of piperidine rings is 1. The van der Waals surface area contributed by atoms with Crippen LogP contribution in [0.3, 0.4) is 0 Å². The number of nitrogens with zero attached hydrogens (tertiary/aromatic N) is 5. The van der Waals surface area contributed by atoms with E-state index in [1.807, 2.05) is 51.4 Å². The van der Waals surface area contributed by atoms with Crippen molar-refractivity contribution in [3.8, 4) is 10.7 Å². The van der Waals surface area contributed by atoms with E-state index in [4.69, 9.17) is 29.3 Å². The van der Waals surface area contributed by atoms with Crippen LogP contribution in [0.1, 0.15) is 80.8 Å². The molecule has 1 aromatic carbocycles. The van der Waals surface area contributed by atoms with E-state index in [1.54, 1.807) is 11.3 Å². The molecule has 0 spiro atoms. The standard InChI is InChI=1S/C35H43N5O4S/c1-7-42-33(41)30(44-34(3,4)5)29-23(2)37-28-21-27-31-36-22-26(45-31)20-25-14-9-8-12-24(25)13-10-11-19-43-35(6)15-17-39(18-16-35)32(29)40(28)38-27/h8-12,14,21-22,30H,7,13,15-20H2,1-6H3/b11-10+/t30-/m0/s1. The third-order valence-electron chi connectivity index (χ3n) is 8.45. The van der Waals surface area contributed by atoms with Crippen molar-refractivity contribution < 1.29 is 19.0 Å². The van der Waals surface area contributed by atoms with Gasteiger partial charge in [-0.1, -0.05) is 36.4 Å². The summed E-state index contributed by atoms with van der Waals surface area (Å²) in [7, 11) is 0. The number of thiazole rings is 1. The second kappa shape index (κ2) is 12.7. The van der Waals surface area contributed by atoms with E-state index in [0.29, 0.717) is 23.5 Å². The van der Waals surface area contributed by atoms with Gasteiger partial charge < -0.3 is 19.1 Å². The number of anilines is 1. The Morgan fingerprint density at radius 2 is 1.91 bits per heavy atom. The largest absolute Gasteiger partial charge is 0.464 e. The summed E-state index contributed by atoms with van der Waals surface area (Å²) in [4.78, 5) is 26.7. The lowest BCUT2D eigenvalue weighted by Gasteiger charge is -2.41. The molecule has 0 radical (unpaired) electrons. The zero-order chi connectivity index (χ0) is 31.8. The molecular weight excluding hydrogens is 586 g/mol. The summed E-state index contributed by atoms with van der Waals surface area (Å²) in [5, 5.41) is 5.93. The smallest absolute Gasteiger partial charge is 0.340 e. The molecule has 7 rings (SSSR count). The second-order valence-corrected chi connectivity index (χ2v) is 14.2. The number of hydrogen-bond acceptors (Lipinski definition) is 9. The van der Waals surface area contributed by atoms with Crippen LogP contribution in [0, 0.1) is 6.92 Å². The molecule has 0 aliphatic carbocycles. The third-order valence-corrected chi connectivity index (χ3v) is 9.47. The van der Waals surface area contributed by atoms with Gasteiger partial charge in [0.25, 0.3) is 0 Å². The Morgan fingerprint density at radius 1 is 1.16 bits per heavy atom. The lowest BCUT2D eigenvalue weighted by molar-refractivity contribution is -0.166. The van der Waals surface area contributed by atoms with Crippen molar-refractivity contribution in [3.05, 3.63) is 75.9 Å². The van der Waals surface area contributed by atoms with E-state index in [1.165, 1.54) is 16.0 Å². The van der Waals surface area contributed by atoms with E-state index in [9.17, 15) is 4.79 Å². The first kappa shape index (κ1) is 31.4. The Bertz CT molecular complexity index is 1710. The Kier molecular flexibility index (Phi) is 8.83. The number of fused-ring (bicyclic) bond motifs is 5. The lowest BCUT2D eigenvalue weighted by Crippen LogP contribution is -2.45. The minimum absolute atomic E-state index is 0.253. The summed E-state index contributed by atoms with van der Waals surface area (Å²) in [6, 6.07) is 10.6. The normalized spacial score (nSPS) is 18.2. The fourth-order valence-electron chi connectivity index (χ4n) is 6.11. The molecule has 3 aliphatic rings. The van der Waals surface area contributed by atoms with Crippen LogP contribution in [0.2, 0.25) is 0 Å². The predicted octanol–water partition coefficient (Wildman–Crippen LogP) is 6.66. The van der Waals surface area contributed by atoms with Crippen LogP contribution in [0.4, 0.5) is 5.82 Å². The number of carbonyl (C=O) groups excluding carboxylic acids is 1. The molecule has 0 N–H and O–H groups in total. The highest BCUT2D eigenvalue weighted by atomic mass is 32.1. The number of benzene rings is 1. The molecule has 3 aliphatic heterocycles. The molecule has 45 heavy (non-hydrogen) atoms. The van der Waals surface area contributed by atoms with Crippen molar-refractivity contribution in [1.29, 1.82) is 0 Å². The zero-order valence-corrected chi connectivity index (χ0v) is 27.9. The van der Waals surface area contributed by atoms with Crippen LogP contribution >= 0.6 is 11.3 Å². The quantitative estimate of drug-likeness (QED) is 0.183. The zero-order valence-electron chi connectivity index (χ0n) is 27.1. The number of aryl methyl sites for hydroxylation is 1. The molecule has 10 heteroatoms. The van der Waals surface area contributed by atoms with Gasteiger partial charge in [-0.2, -0.15) is 9.61 Å². The molecule has 0 unspecified atom stereocenters. The Balaban J connectivity index is 1.51. The molecule has 4 aromatic rings. The van der Waals surface area contributed by atoms with Crippen molar-refractivity contribution in [2.75, 3.05) is 31.2 Å². The van der Waals surface area contributed by atoms with Crippen LogP contribution in [-0.4, -0.2) is 63.1 Å². The van der Waals surface area contributed by atoms with Crippen LogP contribution in [0.5, 0.6) is 0 Å². The van der Waals surface area contributed by atoms with Gasteiger partial charge in [0.05, 0.1) is 30.0 Å². The first-order chi connectivity index (χ1) is 21.5. The van der Waals surface area contributed by atoms with E-state index < -0.39 is 17.7 Å². The second-order valence-electron chi connectivity index (χ2n) is 13.1. The SMILES string of the molecule is CCOC(=O)[C@@H](OC(C)(C)C)c1c(C)nc2cc3nn2c1N1CCC(C)(CC1)OC/C=C/Cc1ccccc1Cc1cnc-3s1. The average molecular weight is 630 g/mol. The van der Waals surface area contributed by atoms with Crippen LogP contribution in [0.25, 0.3) is 16.3 Å². The summed E-state index contributed by atoms with van der Waals surface area (Å²) in [6.45, 7) is 14.0. The maximum atomic E-state index is 13.5. The van der Waals surface area contributed by atoms with Gasteiger partial charge in [-0.05, 0) is 71.9 Å². The first-order valence-electron chi connectivity index (χ1n) is 15.8. The molecule has 1 fully saturated rings. The number of esters is 1. The third kappa shape index (κ3) is 6.83. The molecular formula is C35H43N5O4S. The summed E-state index contributed by atoms with van der Waals surface area (Å²) in [5.74, 6) is 0.370. The molecule has 0 saturated carbocycles. The monoisotopic (exact) mass is 629 g/mol. The number of ether oxygens (including phenoxy) is 3. The molecule has 1 saturated heterocycles. The summed E-state index contributed by atoms with van der Waals surface area (Å²) in [5.41, 5.74) is 4.56. The highest BCUT2D eigenvalue weighted by molar-refractivity contribution is 7.15. The van der Waals surface area contributed by atoms with Gasteiger partial charge in [-0.25, -0.2) is 14.8 Å². The van der Waals surface area contributed by atoms with Crippen molar-refractivity contribution in [3.63, 3.8) is 0 Å². The molecule has 1 atom stereocenters. The van der Waals surface area contributed by atoms with Crippen molar-refractivity contribution >= 4 is 28.8 Å². The topological polar surface area (TPSA) is 91.1 Å². The summed E-state index contributed by atoms with van der Waals surface area (Å²) >= 11 is 1.65. The number of allylic oxidation sites excluding steroid dienone is 1. The van der Waals surface area contributed by atoms with Crippen molar-refractivity contribution in [1.82, 2.24) is 19.6 Å². The van der Waals surface area contributed by atoms with Gasteiger partial charge in [0.2, 0.25) is 0 Å². The number of carbonyl (C=O) groups is 1. The van der Waals surface area contributed by atoms with Gasteiger partial charge in [0, 0.05) is 42.3 Å². The Morgan fingerprint density at radius 3 is 2.64 bits per heavy atom. The number of aromatic nitrogens is 4. The van der Waals surface area contributed by atoms with Crippen molar-refractivity contribution in [2.45, 2.75) is 84.5 Å². The molecule has 6 heterocycles. The van der Waals surface area contributed by atoms with Gasteiger partial charge in [-0.3, -0.25) is 0 Å². The van der Waals surface area contributed by atoms with E-state index >= 15 is 0 Å². The maximum Gasteiger partial charge on any atom is 0.340 e. The van der Waals surface area contributed by atoms with Crippen molar-refractivity contribution in [2.24, 2.45) is 0 Å². The van der Waals surface area contributed by atoms with Gasteiger partial charge in [-0.15, -0.1) is 11.3 Å². The molecule has 238 valence electrons. The molecule has 3 aromatic heterocycles. The van der Waals surface area contributed by atoms with Gasteiger partial charge >= 0.3 is 5.97 Å². The van der Waals surface area contributed by atoms with Gasteiger partial charge in [0.1, 0.15) is 16.5 Å². The fourth-order valence-corrected chi connectivity index (χ4v) is 7.01. The molecule has 0 amide bonds. The van der Waals surface area contributed by atoms with Crippen LogP contribution in [-0.2, 0) is 31.8 Å². The summed E-state index contributed by atoms with van der Waals surface area (Å²) < 4.78 is 20.3. The predicted molar refractivity (Wildman–Crippen MR) is 177 cm³/mol. The maximum absolute atomic E-state index is 13.5. The van der Waals surface area contributed by atoms with Gasteiger partial charge in [0.15, 0.2) is 11.8 Å². The Hall–Kier alpha value is -3.60. The molecule has 6 bridgehead atoms. The summed E-state index contributed by atoms with van der Waals surface area (Å²) in [6.07, 6.45) is 8.63. The lowest BCUT2D eigenvalue weighted by atomic mass is 9.92. The Labute approximate surface area is 269 Å². The molecule has 9 nitrogen and oxygen atoms in total. The minimum Gasteiger partial charge on any atom is -0.464 e.